The summed E-state index contributed by atoms with van der Waals surface area (Å²) < 4.78 is 10.5. The van der Waals surface area contributed by atoms with Crippen LogP contribution in [0, 0.1) is 11.3 Å². The summed E-state index contributed by atoms with van der Waals surface area (Å²) in [6.07, 6.45) is 5.58. The first-order valence-corrected chi connectivity index (χ1v) is 12.5. The standard InChI is InChI=1S/C32H27N5O/c1-32(2,3)23-12-13-34-30(18-23)37-28-11-8-21(20-33)16-27(28)26-10-9-25(19-29(26)37)38-24-7-5-6-22(17-24)31-35-14-15-36(31)4/h5-19H,1-4H3. The van der Waals surface area contributed by atoms with Crippen LogP contribution >= 0.6 is 0 Å². The van der Waals surface area contributed by atoms with E-state index in [-0.39, 0.29) is 5.41 Å². The number of rotatable bonds is 4. The molecular formula is C32H27N5O. The van der Waals surface area contributed by atoms with Gasteiger partial charge in [-0.25, -0.2) is 9.97 Å². The summed E-state index contributed by atoms with van der Waals surface area (Å²) >= 11 is 0. The predicted octanol–water partition coefficient (Wildman–Crippen LogP) is 7.54. The fourth-order valence-electron chi connectivity index (χ4n) is 4.87. The van der Waals surface area contributed by atoms with Gasteiger partial charge in [0.15, 0.2) is 0 Å². The fraction of sp³-hybridized carbons (Fsp3) is 0.156. The molecule has 6 nitrogen and oxygen atoms in total. The van der Waals surface area contributed by atoms with Crippen molar-refractivity contribution >= 4 is 21.8 Å². The van der Waals surface area contributed by atoms with Crippen molar-refractivity contribution in [3.63, 3.8) is 0 Å². The van der Waals surface area contributed by atoms with Crippen molar-refractivity contribution < 1.29 is 4.74 Å². The van der Waals surface area contributed by atoms with E-state index in [0.29, 0.717) is 11.3 Å². The molecule has 0 aliphatic carbocycles. The SMILES string of the molecule is Cn1ccnc1-c1cccc(Oc2ccc3c4cc(C#N)ccc4n(-c4cc(C(C)(C)C)ccn4)c3c2)c1. The van der Waals surface area contributed by atoms with Gasteiger partial charge in [-0.2, -0.15) is 5.26 Å². The Kier molecular flexibility index (Phi) is 5.50. The van der Waals surface area contributed by atoms with Crippen molar-refractivity contribution in [3.8, 4) is 34.8 Å². The van der Waals surface area contributed by atoms with Gasteiger partial charge in [-0.3, -0.25) is 4.57 Å². The normalized spacial score (nSPS) is 11.7. The molecular weight excluding hydrogens is 470 g/mol. The molecule has 3 aromatic carbocycles. The van der Waals surface area contributed by atoms with Crippen LogP contribution in [0.15, 0.2) is 91.4 Å². The molecule has 3 heterocycles. The Morgan fingerprint density at radius 1 is 0.816 bits per heavy atom. The quantitative estimate of drug-likeness (QED) is 0.252. The zero-order valence-corrected chi connectivity index (χ0v) is 21.8. The third-order valence-corrected chi connectivity index (χ3v) is 6.86. The summed E-state index contributed by atoms with van der Waals surface area (Å²) in [5.74, 6) is 3.15. The second-order valence-electron chi connectivity index (χ2n) is 10.5. The second kappa shape index (κ2) is 8.89. The molecule has 0 aliphatic heterocycles. The van der Waals surface area contributed by atoms with Gasteiger partial charge in [0.2, 0.25) is 0 Å². The zero-order chi connectivity index (χ0) is 26.4. The molecule has 0 saturated heterocycles. The van der Waals surface area contributed by atoms with Crippen LogP contribution in [-0.4, -0.2) is 19.1 Å². The maximum Gasteiger partial charge on any atom is 0.139 e. The van der Waals surface area contributed by atoms with Crippen molar-refractivity contribution in [2.45, 2.75) is 26.2 Å². The molecule has 6 aromatic rings. The molecule has 0 atom stereocenters. The van der Waals surface area contributed by atoms with E-state index in [4.69, 9.17) is 9.72 Å². The summed E-state index contributed by atoms with van der Waals surface area (Å²) in [4.78, 5) is 9.21. The summed E-state index contributed by atoms with van der Waals surface area (Å²) in [5.41, 5.74) is 4.75. The van der Waals surface area contributed by atoms with Crippen LogP contribution in [0.25, 0.3) is 39.0 Å². The van der Waals surface area contributed by atoms with Gasteiger partial charge in [-0.1, -0.05) is 32.9 Å². The van der Waals surface area contributed by atoms with E-state index in [2.05, 4.69) is 54.6 Å². The van der Waals surface area contributed by atoms with Crippen LogP contribution in [0.5, 0.6) is 11.5 Å². The summed E-state index contributed by atoms with van der Waals surface area (Å²) in [6, 6.07) is 26.3. The number of nitriles is 1. The number of benzene rings is 3. The van der Waals surface area contributed by atoms with Crippen LogP contribution in [0.2, 0.25) is 0 Å². The van der Waals surface area contributed by atoms with E-state index in [0.717, 1.165) is 44.8 Å². The minimum Gasteiger partial charge on any atom is -0.457 e. The summed E-state index contributed by atoms with van der Waals surface area (Å²) in [7, 11) is 1.98. The van der Waals surface area contributed by atoms with Crippen molar-refractivity contribution in [3.05, 3.63) is 103 Å². The number of imidazole rings is 1. The summed E-state index contributed by atoms with van der Waals surface area (Å²) in [6.45, 7) is 6.59. The van der Waals surface area contributed by atoms with Crippen molar-refractivity contribution in [1.29, 1.82) is 5.26 Å². The lowest BCUT2D eigenvalue weighted by Gasteiger charge is -2.20. The lowest BCUT2D eigenvalue weighted by atomic mass is 9.88. The third-order valence-electron chi connectivity index (χ3n) is 6.86. The van der Waals surface area contributed by atoms with Gasteiger partial charge in [0.1, 0.15) is 23.1 Å². The molecule has 0 fully saturated rings. The maximum atomic E-state index is 9.54. The van der Waals surface area contributed by atoms with Gasteiger partial charge >= 0.3 is 0 Å². The Labute approximate surface area is 221 Å². The van der Waals surface area contributed by atoms with E-state index in [1.807, 2.05) is 78.6 Å². The Bertz CT molecular complexity index is 1860. The minimum absolute atomic E-state index is 0.0169. The molecule has 38 heavy (non-hydrogen) atoms. The molecule has 186 valence electrons. The molecule has 6 heteroatoms. The third kappa shape index (κ3) is 4.08. The number of aryl methyl sites for hydroxylation is 1. The van der Waals surface area contributed by atoms with Crippen LogP contribution in [0.1, 0.15) is 31.9 Å². The number of hydrogen-bond donors (Lipinski definition) is 0. The minimum atomic E-state index is -0.0169. The summed E-state index contributed by atoms with van der Waals surface area (Å²) in [5, 5.41) is 11.6. The van der Waals surface area contributed by atoms with Crippen molar-refractivity contribution in [1.82, 2.24) is 19.1 Å². The second-order valence-corrected chi connectivity index (χ2v) is 10.5. The highest BCUT2D eigenvalue weighted by atomic mass is 16.5. The number of nitrogens with zero attached hydrogens (tertiary/aromatic N) is 5. The molecule has 0 spiro atoms. The number of hydrogen-bond acceptors (Lipinski definition) is 4. The van der Waals surface area contributed by atoms with Crippen molar-refractivity contribution in [2.75, 3.05) is 0 Å². The van der Waals surface area contributed by atoms with Crippen LogP contribution in [0.4, 0.5) is 0 Å². The molecule has 0 unspecified atom stereocenters. The highest BCUT2D eigenvalue weighted by Gasteiger charge is 2.18. The highest BCUT2D eigenvalue weighted by molar-refractivity contribution is 6.09. The average molecular weight is 498 g/mol. The van der Waals surface area contributed by atoms with Gasteiger partial charge < -0.3 is 9.30 Å². The van der Waals surface area contributed by atoms with Crippen molar-refractivity contribution in [2.24, 2.45) is 7.05 Å². The first-order chi connectivity index (χ1) is 18.3. The van der Waals surface area contributed by atoms with E-state index in [1.165, 1.54) is 5.56 Å². The van der Waals surface area contributed by atoms with Gasteiger partial charge in [0.05, 0.1) is 22.7 Å². The molecule has 0 radical (unpaired) electrons. The molecule has 0 N–H and O–H groups in total. The van der Waals surface area contributed by atoms with Crippen LogP contribution in [-0.2, 0) is 12.5 Å². The fourth-order valence-corrected chi connectivity index (χ4v) is 4.87. The molecule has 0 aliphatic rings. The largest absolute Gasteiger partial charge is 0.457 e. The predicted molar refractivity (Wildman–Crippen MR) is 151 cm³/mol. The Morgan fingerprint density at radius 2 is 1.66 bits per heavy atom. The highest BCUT2D eigenvalue weighted by Crippen LogP contribution is 2.36. The van der Waals surface area contributed by atoms with Gasteiger partial charge in [-0.15, -0.1) is 0 Å². The monoisotopic (exact) mass is 497 g/mol. The average Bonchev–Trinajstić information content (AvgIpc) is 3.48. The number of ether oxygens (including phenoxy) is 1. The maximum absolute atomic E-state index is 9.54. The number of aromatic nitrogens is 4. The topological polar surface area (TPSA) is 68.7 Å². The van der Waals surface area contributed by atoms with E-state index >= 15 is 0 Å². The first-order valence-electron chi connectivity index (χ1n) is 12.5. The van der Waals surface area contributed by atoms with Gasteiger partial charge in [0, 0.05) is 48.0 Å². The Balaban J connectivity index is 1.51. The first kappa shape index (κ1) is 23.5. The van der Waals surface area contributed by atoms with E-state index in [9.17, 15) is 5.26 Å². The Morgan fingerprint density at radius 3 is 2.42 bits per heavy atom. The molecule has 0 bridgehead atoms. The van der Waals surface area contributed by atoms with Crippen LogP contribution in [0.3, 0.4) is 0 Å². The number of pyridine rings is 1. The molecule has 0 saturated carbocycles. The smallest absolute Gasteiger partial charge is 0.139 e. The van der Waals surface area contributed by atoms with E-state index < -0.39 is 0 Å². The van der Waals surface area contributed by atoms with E-state index in [1.54, 1.807) is 6.20 Å². The number of fused-ring (bicyclic) bond motifs is 3. The van der Waals surface area contributed by atoms with Crippen LogP contribution < -0.4 is 4.74 Å². The van der Waals surface area contributed by atoms with Gasteiger partial charge in [0.25, 0.3) is 0 Å². The van der Waals surface area contributed by atoms with Gasteiger partial charge in [-0.05, 0) is 65.6 Å². The Hall–Kier alpha value is -4.89. The molecule has 0 amide bonds. The zero-order valence-electron chi connectivity index (χ0n) is 21.8. The lowest BCUT2D eigenvalue weighted by Crippen LogP contribution is -2.12. The molecule has 3 aromatic heterocycles. The molecule has 6 rings (SSSR count). The lowest BCUT2D eigenvalue weighted by molar-refractivity contribution is 0.483.